The highest BCUT2D eigenvalue weighted by molar-refractivity contribution is 7.92. The Labute approximate surface area is 133 Å². The van der Waals surface area contributed by atoms with Crippen LogP contribution < -0.4 is 10.5 Å². The van der Waals surface area contributed by atoms with Gasteiger partial charge < -0.3 is 5.73 Å². The number of aryl methyl sites for hydroxylation is 1. The Balaban J connectivity index is 2.43. The third-order valence-corrected chi connectivity index (χ3v) is 5.01. The minimum absolute atomic E-state index is 0.177. The monoisotopic (exact) mass is 344 g/mol. The van der Waals surface area contributed by atoms with E-state index in [1.165, 1.54) is 12.1 Å². The summed E-state index contributed by atoms with van der Waals surface area (Å²) >= 11 is 11.8. The fraction of sp³-hybridized carbons (Fsp3) is 0.143. The molecule has 0 aliphatic carbocycles. The maximum Gasteiger partial charge on any atom is 0.262 e. The Kier molecular flexibility index (Phi) is 4.78. The molecule has 0 bridgehead atoms. The number of nitrogens with two attached hydrogens (primary N) is 1. The Morgan fingerprint density at radius 1 is 1.14 bits per heavy atom. The summed E-state index contributed by atoms with van der Waals surface area (Å²) in [6.07, 6.45) is 0. The minimum atomic E-state index is -3.75. The molecule has 7 heteroatoms. The van der Waals surface area contributed by atoms with Crippen LogP contribution in [0.3, 0.4) is 0 Å². The molecule has 0 aliphatic rings. The molecule has 2 aromatic carbocycles. The zero-order chi connectivity index (χ0) is 15.6. The van der Waals surface area contributed by atoms with Crippen LogP contribution in [0.15, 0.2) is 41.3 Å². The van der Waals surface area contributed by atoms with Gasteiger partial charge in [0.2, 0.25) is 0 Å². The van der Waals surface area contributed by atoms with E-state index < -0.39 is 10.0 Å². The molecular formula is C14H14Cl2N2O2S. The van der Waals surface area contributed by atoms with E-state index in [-0.39, 0.29) is 22.2 Å². The van der Waals surface area contributed by atoms with Crippen molar-refractivity contribution in [3.63, 3.8) is 0 Å². The number of sulfonamides is 1. The van der Waals surface area contributed by atoms with Gasteiger partial charge in [0.15, 0.2) is 0 Å². The first-order valence-corrected chi connectivity index (χ1v) is 8.35. The van der Waals surface area contributed by atoms with Gasteiger partial charge in [-0.1, -0.05) is 35.3 Å². The second-order valence-corrected chi connectivity index (χ2v) is 7.03. The predicted molar refractivity (Wildman–Crippen MR) is 86.3 cm³/mol. The largest absolute Gasteiger partial charge is 0.326 e. The fourth-order valence-electron chi connectivity index (χ4n) is 1.83. The van der Waals surface area contributed by atoms with Crippen molar-refractivity contribution in [2.24, 2.45) is 5.73 Å². The average molecular weight is 345 g/mol. The lowest BCUT2D eigenvalue weighted by atomic mass is 10.1. The van der Waals surface area contributed by atoms with Crippen molar-refractivity contribution in [1.29, 1.82) is 0 Å². The third kappa shape index (κ3) is 3.68. The first kappa shape index (κ1) is 16.1. The first-order valence-electron chi connectivity index (χ1n) is 6.11. The standard InChI is InChI=1S/C14H14Cl2N2O2S/c1-9-2-3-10(8-17)6-14(9)21(19,20)18-13-5-4-11(15)7-12(13)16/h2-7,18H,8,17H2,1H3. The van der Waals surface area contributed by atoms with E-state index in [0.717, 1.165) is 5.56 Å². The molecule has 0 aliphatic heterocycles. The van der Waals surface area contributed by atoms with Gasteiger partial charge in [0.05, 0.1) is 15.6 Å². The summed E-state index contributed by atoms with van der Waals surface area (Å²) < 4.78 is 27.4. The summed E-state index contributed by atoms with van der Waals surface area (Å²) in [7, 11) is -3.75. The van der Waals surface area contributed by atoms with Crippen LogP contribution in [-0.2, 0) is 16.6 Å². The Bertz CT molecular complexity index is 777. The number of hydrogen-bond acceptors (Lipinski definition) is 3. The average Bonchev–Trinajstić information content (AvgIpc) is 2.42. The SMILES string of the molecule is Cc1ccc(CN)cc1S(=O)(=O)Nc1ccc(Cl)cc1Cl. The van der Waals surface area contributed by atoms with E-state index in [1.54, 1.807) is 31.2 Å². The summed E-state index contributed by atoms with van der Waals surface area (Å²) in [4.78, 5) is 0.177. The van der Waals surface area contributed by atoms with E-state index in [0.29, 0.717) is 10.6 Å². The van der Waals surface area contributed by atoms with Gasteiger partial charge in [0.1, 0.15) is 0 Å². The second kappa shape index (κ2) is 6.23. The molecule has 112 valence electrons. The Morgan fingerprint density at radius 2 is 1.86 bits per heavy atom. The second-order valence-electron chi connectivity index (χ2n) is 4.53. The first-order chi connectivity index (χ1) is 9.83. The molecule has 0 unspecified atom stereocenters. The zero-order valence-electron chi connectivity index (χ0n) is 11.2. The van der Waals surface area contributed by atoms with E-state index >= 15 is 0 Å². The van der Waals surface area contributed by atoms with Crippen LogP contribution in [0.2, 0.25) is 10.0 Å². The van der Waals surface area contributed by atoms with Crippen molar-refractivity contribution in [3.8, 4) is 0 Å². The lowest BCUT2D eigenvalue weighted by Gasteiger charge is -2.12. The van der Waals surface area contributed by atoms with E-state index in [4.69, 9.17) is 28.9 Å². The van der Waals surface area contributed by atoms with Gasteiger partial charge in [0.25, 0.3) is 10.0 Å². The van der Waals surface area contributed by atoms with Gasteiger partial charge in [-0.2, -0.15) is 0 Å². The van der Waals surface area contributed by atoms with Gasteiger partial charge in [0, 0.05) is 11.6 Å². The summed E-state index contributed by atoms with van der Waals surface area (Å²) in [6, 6.07) is 9.63. The van der Waals surface area contributed by atoms with E-state index in [1.807, 2.05) is 0 Å². The highest BCUT2D eigenvalue weighted by Crippen LogP contribution is 2.28. The lowest BCUT2D eigenvalue weighted by molar-refractivity contribution is 0.600. The van der Waals surface area contributed by atoms with Gasteiger partial charge in [-0.3, -0.25) is 4.72 Å². The molecular weight excluding hydrogens is 331 g/mol. The predicted octanol–water partition coefficient (Wildman–Crippen LogP) is 3.56. The smallest absolute Gasteiger partial charge is 0.262 e. The number of nitrogens with one attached hydrogen (secondary N) is 1. The molecule has 21 heavy (non-hydrogen) atoms. The quantitative estimate of drug-likeness (QED) is 0.890. The molecule has 0 aromatic heterocycles. The maximum atomic E-state index is 12.5. The summed E-state index contributed by atoms with van der Waals surface area (Å²) in [5.74, 6) is 0. The molecule has 3 N–H and O–H groups in total. The Morgan fingerprint density at radius 3 is 2.48 bits per heavy atom. The van der Waals surface area contributed by atoms with Crippen LogP contribution >= 0.6 is 23.2 Å². The summed E-state index contributed by atoms with van der Waals surface area (Å²) in [6.45, 7) is 1.99. The molecule has 2 rings (SSSR count). The summed E-state index contributed by atoms with van der Waals surface area (Å²) in [5.41, 5.74) is 7.20. The zero-order valence-corrected chi connectivity index (χ0v) is 13.6. The van der Waals surface area contributed by atoms with Crippen LogP contribution in [-0.4, -0.2) is 8.42 Å². The van der Waals surface area contributed by atoms with Crippen molar-refractivity contribution in [2.75, 3.05) is 4.72 Å². The molecule has 4 nitrogen and oxygen atoms in total. The number of hydrogen-bond donors (Lipinski definition) is 2. The van der Waals surface area contributed by atoms with Gasteiger partial charge >= 0.3 is 0 Å². The van der Waals surface area contributed by atoms with Crippen LogP contribution in [0.5, 0.6) is 0 Å². The highest BCUT2D eigenvalue weighted by atomic mass is 35.5. The van der Waals surface area contributed by atoms with Crippen LogP contribution in [0.1, 0.15) is 11.1 Å². The highest BCUT2D eigenvalue weighted by Gasteiger charge is 2.18. The molecule has 0 radical (unpaired) electrons. The van der Waals surface area contributed by atoms with E-state index in [2.05, 4.69) is 4.72 Å². The van der Waals surface area contributed by atoms with Crippen molar-refractivity contribution in [3.05, 3.63) is 57.6 Å². The number of halogens is 2. The van der Waals surface area contributed by atoms with Gasteiger partial charge in [-0.25, -0.2) is 8.42 Å². The van der Waals surface area contributed by atoms with Crippen molar-refractivity contribution >= 4 is 38.9 Å². The summed E-state index contributed by atoms with van der Waals surface area (Å²) in [5, 5.41) is 0.669. The van der Waals surface area contributed by atoms with Crippen LogP contribution in [0, 0.1) is 6.92 Å². The lowest BCUT2D eigenvalue weighted by Crippen LogP contribution is -2.15. The molecule has 0 amide bonds. The number of anilines is 1. The molecule has 0 heterocycles. The van der Waals surface area contributed by atoms with Crippen molar-refractivity contribution in [2.45, 2.75) is 18.4 Å². The Hall–Kier alpha value is -1.27. The molecule has 0 spiro atoms. The molecule has 0 atom stereocenters. The maximum absolute atomic E-state index is 12.5. The van der Waals surface area contributed by atoms with Gasteiger partial charge in [-0.05, 0) is 42.3 Å². The van der Waals surface area contributed by atoms with E-state index in [9.17, 15) is 8.42 Å². The number of rotatable bonds is 4. The topological polar surface area (TPSA) is 72.2 Å². The molecule has 0 saturated carbocycles. The number of benzene rings is 2. The normalized spacial score (nSPS) is 11.4. The van der Waals surface area contributed by atoms with Crippen LogP contribution in [0.4, 0.5) is 5.69 Å². The molecule has 0 fully saturated rings. The van der Waals surface area contributed by atoms with Crippen molar-refractivity contribution < 1.29 is 8.42 Å². The fourth-order valence-corrected chi connectivity index (χ4v) is 3.72. The molecule has 2 aromatic rings. The third-order valence-electron chi connectivity index (χ3n) is 2.95. The minimum Gasteiger partial charge on any atom is -0.326 e. The molecule has 0 saturated heterocycles. The van der Waals surface area contributed by atoms with Gasteiger partial charge in [-0.15, -0.1) is 0 Å². The van der Waals surface area contributed by atoms with Crippen molar-refractivity contribution in [1.82, 2.24) is 0 Å². The van der Waals surface area contributed by atoms with Crippen LogP contribution in [0.25, 0.3) is 0 Å².